The van der Waals surface area contributed by atoms with Crippen molar-refractivity contribution in [3.8, 4) is 5.75 Å². The first kappa shape index (κ1) is 23.1. The second kappa shape index (κ2) is 11.2. The molecule has 0 N–H and O–H groups in total. The highest BCUT2D eigenvalue weighted by atomic mass is 16.5. The molecule has 174 valence electrons. The first-order valence-electron chi connectivity index (χ1n) is 12.2. The maximum absolute atomic E-state index is 6.03. The highest BCUT2D eigenvalue weighted by Crippen LogP contribution is 2.34. The minimum atomic E-state index is 0.853. The quantitative estimate of drug-likeness (QED) is 0.219. The van der Waals surface area contributed by atoms with Crippen molar-refractivity contribution in [3.63, 3.8) is 0 Å². The van der Waals surface area contributed by atoms with E-state index in [9.17, 15) is 0 Å². The van der Waals surface area contributed by atoms with Gasteiger partial charge < -0.3 is 4.74 Å². The van der Waals surface area contributed by atoms with Gasteiger partial charge in [-0.15, -0.1) is 0 Å². The minimum absolute atomic E-state index is 0.853. The van der Waals surface area contributed by atoms with Crippen molar-refractivity contribution >= 4 is 23.3 Å². The summed E-state index contributed by atoms with van der Waals surface area (Å²) < 4.78 is 6.03. The lowest BCUT2D eigenvalue weighted by molar-refractivity contribution is 0.413. The maximum atomic E-state index is 6.03. The number of para-hydroxylation sites is 1. The van der Waals surface area contributed by atoms with Crippen LogP contribution in [0.2, 0.25) is 0 Å². The minimum Gasteiger partial charge on any atom is -0.496 e. The molecular weight excluding hydrogens is 436 g/mol. The lowest BCUT2D eigenvalue weighted by Gasteiger charge is -2.14. The van der Waals surface area contributed by atoms with Crippen molar-refractivity contribution in [2.24, 2.45) is 0 Å². The van der Waals surface area contributed by atoms with Gasteiger partial charge in [-0.1, -0.05) is 140 Å². The molecule has 0 atom stereocenters. The molecule has 0 saturated heterocycles. The van der Waals surface area contributed by atoms with Gasteiger partial charge in [0, 0.05) is 11.1 Å². The smallest absolute Gasteiger partial charge is 0.133 e. The topological polar surface area (TPSA) is 9.23 Å². The Morgan fingerprint density at radius 1 is 0.417 bits per heavy atom. The molecule has 0 amide bonds. The van der Waals surface area contributed by atoms with Gasteiger partial charge >= 0.3 is 0 Å². The van der Waals surface area contributed by atoms with Crippen LogP contribution < -0.4 is 4.74 Å². The van der Waals surface area contributed by atoms with E-state index in [-0.39, 0.29) is 0 Å². The van der Waals surface area contributed by atoms with E-state index in [0.717, 1.165) is 28.0 Å². The number of methoxy groups -OCH3 is 1. The molecule has 0 aliphatic heterocycles. The van der Waals surface area contributed by atoms with Crippen LogP contribution in [0.15, 0.2) is 140 Å². The van der Waals surface area contributed by atoms with E-state index in [1.807, 2.05) is 24.3 Å². The van der Waals surface area contributed by atoms with E-state index in [1.165, 1.54) is 22.3 Å². The summed E-state index contributed by atoms with van der Waals surface area (Å²) in [6, 6.07) is 48.4. The summed E-state index contributed by atoms with van der Waals surface area (Å²) >= 11 is 0. The highest BCUT2D eigenvalue weighted by molar-refractivity contribution is 5.95. The summed E-state index contributed by atoms with van der Waals surface area (Å²) in [5.41, 5.74) is 9.05. The molecule has 0 radical (unpaired) electrons. The molecule has 0 aliphatic carbocycles. The molecule has 0 spiro atoms. The Kier molecular flexibility index (Phi) is 7.20. The monoisotopic (exact) mass is 464 g/mol. The van der Waals surface area contributed by atoms with Gasteiger partial charge in [-0.05, 0) is 45.6 Å². The number of ether oxygens (including phenoxy) is 1. The Balaban J connectivity index is 1.68. The largest absolute Gasteiger partial charge is 0.496 e. The van der Waals surface area contributed by atoms with Crippen LogP contribution in [0.4, 0.5) is 0 Å². The van der Waals surface area contributed by atoms with Crippen LogP contribution in [0.3, 0.4) is 0 Å². The number of rotatable bonds is 7. The molecule has 0 heterocycles. The third-order valence-electron chi connectivity index (χ3n) is 6.22. The summed E-state index contributed by atoms with van der Waals surface area (Å²) in [6.45, 7) is 0. The molecule has 0 saturated carbocycles. The van der Waals surface area contributed by atoms with Gasteiger partial charge in [0.25, 0.3) is 0 Å². The van der Waals surface area contributed by atoms with Crippen molar-refractivity contribution in [3.05, 3.63) is 173 Å². The summed E-state index contributed by atoms with van der Waals surface area (Å²) in [5.74, 6) is 0.853. The SMILES string of the molecule is COc1c(C=C(c2ccccc2)c2ccccc2)cccc1C=C(c1ccccc1)c1ccccc1. The highest BCUT2D eigenvalue weighted by Gasteiger charge is 2.12. The molecule has 1 nitrogen and oxygen atoms in total. The fourth-order valence-electron chi connectivity index (χ4n) is 4.49. The fraction of sp³-hybridized carbons (Fsp3) is 0.0286. The van der Waals surface area contributed by atoms with Crippen LogP contribution >= 0.6 is 0 Å². The molecule has 0 aliphatic rings. The van der Waals surface area contributed by atoms with E-state index >= 15 is 0 Å². The Morgan fingerprint density at radius 3 is 1.00 bits per heavy atom. The average Bonchev–Trinajstić information content (AvgIpc) is 2.96. The van der Waals surface area contributed by atoms with Crippen LogP contribution in [-0.2, 0) is 0 Å². The normalized spacial score (nSPS) is 10.4. The zero-order chi connectivity index (χ0) is 24.6. The van der Waals surface area contributed by atoms with Crippen LogP contribution in [0.1, 0.15) is 33.4 Å². The zero-order valence-electron chi connectivity index (χ0n) is 20.3. The second-order valence-electron chi connectivity index (χ2n) is 8.55. The summed E-state index contributed by atoms with van der Waals surface area (Å²) in [5, 5.41) is 0. The fourth-order valence-corrected chi connectivity index (χ4v) is 4.49. The van der Waals surface area contributed by atoms with Crippen molar-refractivity contribution < 1.29 is 4.74 Å². The standard InChI is InChI=1S/C35H28O/c1-36-35-31(25-33(27-15-6-2-7-16-27)28-17-8-3-9-18-28)23-14-24-32(35)26-34(29-19-10-4-11-20-29)30-21-12-5-13-22-30/h2-26H,1H3. The lowest BCUT2D eigenvalue weighted by Crippen LogP contribution is -1.94. The Labute approximate surface area is 213 Å². The van der Waals surface area contributed by atoms with Gasteiger partial charge in [0.05, 0.1) is 7.11 Å². The molecule has 0 fully saturated rings. The molecule has 1 heteroatoms. The van der Waals surface area contributed by atoms with Gasteiger partial charge in [0.2, 0.25) is 0 Å². The molecule has 5 aromatic rings. The first-order valence-corrected chi connectivity index (χ1v) is 12.2. The Morgan fingerprint density at radius 2 is 0.722 bits per heavy atom. The Hall–Kier alpha value is -4.62. The molecule has 0 bridgehead atoms. The molecule has 5 aromatic carbocycles. The molecule has 0 aromatic heterocycles. The van der Waals surface area contributed by atoms with Crippen molar-refractivity contribution in [1.29, 1.82) is 0 Å². The first-order chi connectivity index (χ1) is 17.8. The van der Waals surface area contributed by atoms with Gasteiger partial charge in [-0.25, -0.2) is 0 Å². The predicted molar refractivity (Wildman–Crippen MR) is 153 cm³/mol. The average molecular weight is 465 g/mol. The van der Waals surface area contributed by atoms with Crippen LogP contribution in [0.5, 0.6) is 5.75 Å². The summed E-state index contributed by atoms with van der Waals surface area (Å²) in [4.78, 5) is 0. The molecule has 5 rings (SSSR count). The Bertz CT molecular complexity index is 1270. The van der Waals surface area contributed by atoms with Crippen LogP contribution in [-0.4, -0.2) is 7.11 Å². The number of hydrogen-bond donors (Lipinski definition) is 0. The van der Waals surface area contributed by atoms with Crippen molar-refractivity contribution in [2.75, 3.05) is 7.11 Å². The summed E-state index contributed by atoms with van der Waals surface area (Å²) in [6.07, 6.45) is 4.46. The predicted octanol–water partition coefficient (Wildman–Crippen LogP) is 8.87. The third kappa shape index (κ3) is 5.21. The van der Waals surface area contributed by atoms with Gasteiger partial charge in [0.1, 0.15) is 5.75 Å². The van der Waals surface area contributed by atoms with E-state index < -0.39 is 0 Å². The molecule has 36 heavy (non-hydrogen) atoms. The number of hydrogen-bond acceptors (Lipinski definition) is 1. The van der Waals surface area contributed by atoms with E-state index in [2.05, 4.69) is 127 Å². The summed E-state index contributed by atoms with van der Waals surface area (Å²) in [7, 11) is 1.75. The van der Waals surface area contributed by atoms with Crippen molar-refractivity contribution in [1.82, 2.24) is 0 Å². The van der Waals surface area contributed by atoms with Gasteiger partial charge in [-0.2, -0.15) is 0 Å². The third-order valence-corrected chi connectivity index (χ3v) is 6.22. The number of benzene rings is 5. The zero-order valence-corrected chi connectivity index (χ0v) is 20.3. The van der Waals surface area contributed by atoms with E-state index in [1.54, 1.807) is 7.11 Å². The van der Waals surface area contributed by atoms with E-state index in [0.29, 0.717) is 0 Å². The molecule has 0 unspecified atom stereocenters. The van der Waals surface area contributed by atoms with Gasteiger partial charge in [-0.3, -0.25) is 0 Å². The van der Waals surface area contributed by atoms with Gasteiger partial charge in [0.15, 0.2) is 0 Å². The lowest BCUT2D eigenvalue weighted by atomic mass is 9.93. The maximum Gasteiger partial charge on any atom is 0.133 e. The van der Waals surface area contributed by atoms with Crippen molar-refractivity contribution in [2.45, 2.75) is 0 Å². The second-order valence-corrected chi connectivity index (χ2v) is 8.55. The van der Waals surface area contributed by atoms with E-state index in [4.69, 9.17) is 4.74 Å². The van der Waals surface area contributed by atoms with Crippen LogP contribution in [0, 0.1) is 0 Å². The molecular formula is C35H28O. The van der Waals surface area contributed by atoms with Crippen LogP contribution in [0.25, 0.3) is 23.3 Å².